The van der Waals surface area contributed by atoms with Crippen LogP contribution in [-0.4, -0.2) is 46.9 Å². The lowest BCUT2D eigenvalue weighted by Gasteiger charge is -2.19. The van der Waals surface area contributed by atoms with Crippen molar-refractivity contribution in [2.45, 2.75) is 52.7 Å². The van der Waals surface area contributed by atoms with Crippen LogP contribution in [0.1, 0.15) is 38.3 Å². The Morgan fingerprint density at radius 3 is 2.52 bits per heavy atom. The third-order valence-corrected chi connectivity index (χ3v) is 4.66. The largest absolute Gasteiger partial charge is 0.451 e. The zero-order valence-electron chi connectivity index (χ0n) is 16.2. The highest BCUT2D eigenvalue weighted by Crippen LogP contribution is 2.21. The highest BCUT2D eigenvalue weighted by molar-refractivity contribution is 6.08. The van der Waals surface area contributed by atoms with Gasteiger partial charge in [0.05, 0.1) is 0 Å². The van der Waals surface area contributed by atoms with Crippen molar-refractivity contribution >= 4 is 29.5 Å². The predicted molar refractivity (Wildman–Crippen MR) is 99.0 cm³/mol. The third-order valence-electron chi connectivity index (χ3n) is 4.66. The van der Waals surface area contributed by atoms with E-state index in [-0.39, 0.29) is 0 Å². The Labute approximate surface area is 158 Å². The van der Waals surface area contributed by atoms with Crippen molar-refractivity contribution in [2.24, 2.45) is 0 Å². The molecule has 27 heavy (non-hydrogen) atoms. The van der Waals surface area contributed by atoms with Crippen molar-refractivity contribution < 1.29 is 23.9 Å². The van der Waals surface area contributed by atoms with Crippen molar-refractivity contribution in [1.29, 1.82) is 0 Å². The fourth-order valence-electron chi connectivity index (χ4n) is 2.74. The highest BCUT2D eigenvalue weighted by Gasteiger charge is 2.47. The van der Waals surface area contributed by atoms with Crippen LogP contribution in [0, 0.1) is 13.8 Å². The highest BCUT2D eigenvalue weighted by atomic mass is 16.5. The molecule has 1 aliphatic rings. The van der Waals surface area contributed by atoms with Gasteiger partial charge in [0.15, 0.2) is 6.10 Å². The van der Waals surface area contributed by atoms with Gasteiger partial charge in [0.25, 0.3) is 11.8 Å². The van der Waals surface area contributed by atoms with E-state index in [9.17, 15) is 19.2 Å². The molecule has 1 saturated heterocycles. The zero-order chi connectivity index (χ0) is 20.4. The number of anilines is 1. The molecule has 2 rings (SSSR count). The number of urea groups is 1. The lowest BCUT2D eigenvalue weighted by atomic mass is 9.99. The number of nitrogens with zero attached hydrogens (tertiary/aromatic N) is 1. The SMILES string of the molecule is CC[C@@]1(C)NC(=O)N(CC(=O)O[C@@H](C)C(=O)Nc2ccc(C)cc2C)C1=O. The fraction of sp³-hybridized carbons (Fsp3) is 0.474. The maximum atomic E-state index is 12.3. The van der Waals surface area contributed by atoms with E-state index in [1.54, 1.807) is 19.9 Å². The summed E-state index contributed by atoms with van der Waals surface area (Å²) in [4.78, 5) is 49.4. The Hall–Kier alpha value is -2.90. The first-order valence-corrected chi connectivity index (χ1v) is 8.79. The molecular weight excluding hydrogens is 350 g/mol. The monoisotopic (exact) mass is 375 g/mol. The topological polar surface area (TPSA) is 105 Å². The Morgan fingerprint density at radius 2 is 1.96 bits per heavy atom. The number of carbonyl (C=O) groups is 4. The van der Waals surface area contributed by atoms with Gasteiger partial charge in [-0.05, 0) is 45.7 Å². The third kappa shape index (κ3) is 4.45. The molecule has 1 aromatic rings. The smallest absolute Gasteiger partial charge is 0.327 e. The second kappa shape index (κ2) is 7.77. The minimum atomic E-state index is -1.07. The zero-order valence-corrected chi connectivity index (χ0v) is 16.2. The maximum Gasteiger partial charge on any atom is 0.327 e. The lowest BCUT2D eigenvalue weighted by molar-refractivity contribution is -0.155. The molecule has 0 saturated carbocycles. The number of benzene rings is 1. The summed E-state index contributed by atoms with van der Waals surface area (Å²) in [7, 11) is 0. The average Bonchev–Trinajstić information content (AvgIpc) is 2.81. The maximum absolute atomic E-state index is 12.3. The van der Waals surface area contributed by atoms with Crippen LogP contribution in [0.2, 0.25) is 0 Å². The average molecular weight is 375 g/mol. The summed E-state index contributed by atoms with van der Waals surface area (Å²) >= 11 is 0. The molecule has 8 heteroatoms. The lowest BCUT2D eigenvalue weighted by Crippen LogP contribution is -2.44. The van der Waals surface area contributed by atoms with Crippen molar-refractivity contribution in [3.05, 3.63) is 29.3 Å². The van der Waals surface area contributed by atoms with E-state index in [1.165, 1.54) is 6.92 Å². The van der Waals surface area contributed by atoms with Gasteiger partial charge in [0.2, 0.25) is 0 Å². The number of esters is 1. The molecule has 1 aromatic carbocycles. The molecule has 2 atom stereocenters. The van der Waals surface area contributed by atoms with Crippen LogP contribution in [0.5, 0.6) is 0 Å². The molecule has 0 bridgehead atoms. The molecule has 8 nitrogen and oxygen atoms in total. The van der Waals surface area contributed by atoms with Crippen molar-refractivity contribution in [2.75, 3.05) is 11.9 Å². The van der Waals surface area contributed by atoms with Gasteiger partial charge in [-0.25, -0.2) is 4.79 Å². The van der Waals surface area contributed by atoms with Gasteiger partial charge < -0.3 is 15.4 Å². The number of nitrogens with one attached hydrogen (secondary N) is 2. The fourth-order valence-corrected chi connectivity index (χ4v) is 2.74. The van der Waals surface area contributed by atoms with Crippen LogP contribution >= 0.6 is 0 Å². The van der Waals surface area contributed by atoms with E-state index in [1.807, 2.05) is 26.0 Å². The number of hydrogen-bond acceptors (Lipinski definition) is 5. The Morgan fingerprint density at radius 1 is 1.30 bits per heavy atom. The van der Waals surface area contributed by atoms with Gasteiger partial charge in [-0.2, -0.15) is 0 Å². The predicted octanol–water partition coefficient (Wildman–Crippen LogP) is 1.89. The van der Waals surface area contributed by atoms with Crippen LogP contribution in [0.25, 0.3) is 0 Å². The number of imide groups is 1. The Balaban J connectivity index is 1.94. The standard InChI is InChI=1S/C19H25N3O5/c1-6-19(5)17(25)22(18(26)21-19)10-15(23)27-13(4)16(24)20-14-8-7-11(2)9-12(14)3/h7-9,13H,6,10H2,1-5H3,(H,20,24)(H,21,26)/t13-,19+/m0/s1. The van der Waals surface area contributed by atoms with E-state index in [4.69, 9.17) is 4.74 Å². The molecule has 0 radical (unpaired) electrons. The summed E-state index contributed by atoms with van der Waals surface area (Å²) in [5.74, 6) is -1.81. The number of aryl methyl sites for hydroxylation is 2. The molecule has 0 spiro atoms. The molecule has 1 heterocycles. The van der Waals surface area contributed by atoms with Crippen molar-refractivity contribution in [3.63, 3.8) is 0 Å². The van der Waals surface area contributed by atoms with Crippen molar-refractivity contribution in [3.8, 4) is 0 Å². The molecular formula is C19H25N3O5. The minimum Gasteiger partial charge on any atom is -0.451 e. The van der Waals surface area contributed by atoms with Gasteiger partial charge in [0, 0.05) is 5.69 Å². The summed E-state index contributed by atoms with van der Waals surface area (Å²) in [5.41, 5.74) is 1.56. The van der Waals surface area contributed by atoms with Gasteiger partial charge in [-0.15, -0.1) is 0 Å². The van der Waals surface area contributed by atoms with Gasteiger partial charge in [0.1, 0.15) is 12.1 Å². The summed E-state index contributed by atoms with van der Waals surface area (Å²) in [5, 5.41) is 5.26. The number of rotatable bonds is 6. The van der Waals surface area contributed by atoms with E-state index < -0.39 is 42.0 Å². The van der Waals surface area contributed by atoms with Gasteiger partial charge in [-0.1, -0.05) is 24.6 Å². The van der Waals surface area contributed by atoms with E-state index in [0.717, 1.165) is 16.0 Å². The minimum absolute atomic E-state index is 0.401. The normalized spacial score (nSPS) is 20.3. The van der Waals surface area contributed by atoms with Crippen LogP contribution in [0.15, 0.2) is 18.2 Å². The summed E-state index contributed by atoms with van der Waals surface area (Å²) in [6.45, 7) is 8.06. The summed E-state index contributed by atoms with van der Waals surface area (Å²) in [6.07, 6.45) is -0.672. The van der Waals surface area contributed by atoms with Crippen LogP contribution in [0.3, 0.4) is 0 Å². The Kier molecular flexibility index (Phi) is 5.88. The number of amides is 4. The molecule has 0 unspecified atom stereocenters. The quantitative estimate of drug-likeness (QED) is 0.584. The van der Waals surface area contributed by atoms with E-state index in [0.29, 0.717) is 12.1 Å². The van der Waals surface area contributed by atoms with Crippen LogP contribution in [-0.2, 0) is 19.1 Å². The van der Waals surface area contributed by atoms with Crippen molar-refractivity contribution in [1.82, 2.24) is 10.2 Å². The number of carbonyl (C=O) groups excluding carboxylic acids is 4. The van der Waals surface area contributed by atoms with E-state index >= 15 is 0 Å². The molecule has 4 amide bonds. The first kappa shape index (κ1) is 20.4. The molecule has 146 valence electrons. The molecule has 1 fully saturated rings. The van der Waals surface area contributed by atoms with Crippen LogP contribution in [0.4, 0.5) is 10.5 Å². The van der Waals surface area contributed by atoms with E-state index in [2.05, 4.69) is 10.6 Å². The number of ether oxygens (including phenoxy) is 1. The molecule has 1 aliphatic heterocycles. The molecule has 0 aliphatic carbocycles. The Bertz CT molecular complexity index is 792. The second-order valence-corrected chi connectivity index (χ2v) is 6.95. The first-order valence-electron chi connectivity index (χ1n) is 8.79. The summed E-state index contributed by atoms with van der Waals surface area (Å²) < 4.78 is 5.08. The first-order chi connectivity index (χ1) is 12.6. The second-order valence-electron chi connectivity index (χ2n) is 6.95. The molecule has 2 N–H and O–H groups in total. The number of hydrogen-bond donors (Lipinski definition) is 2. The van der Waals surface area contributed by atoms with Gasteiger partial charge in [-0.3, -0.25) is 19.3 Å². The summed E-state index contributed by atoms with van der Waals surface area (Å²) in [6, 6.07) is 4.92. The molecule has 0 aromatic heterocycles. The van der Waals surface area contributed by atoms with Gasteiger partial charge >= 0.3 is 12.0 Å². The van der Waals surface area contributed by atoms with Crippen LogP contribution < -0.4 is 10.6 Å².